The molecule has 11 heteroatoms. The molecule has 0 bridgehead atoms. The molecule has 0 fully saturated rings. The number of carbonyl (C=O) groups is 2. The van der Waals surface area contributed by atoms with Gasteiger partial charge in [-0.05, 0) is 54.6 Å². The van der Waals surface area contributed by atoms with E-state index in [0.29, 0.717) is 33.5 Å². The van der Waals surface area contributed by atoms with E-state index in [2.05, 4.69) is 15.4 Å². The van der Waals surface area contributed by atoms with Crippen molar-refractivity contribution in [3.05, 3.63) is 99.1 Å². The topological polar surface area (TPSA) is 106 Å². The predicted octanol–water partition coefficient (Wildman–Crippen LogP) is 2.87. The Morgan fingerprint density at radius 3 is 2.47 bits per heavy atom. The number of para-hydroxylation sites is 1. The normalized spacial score (nSPS) is 14.2. The zero-order valence-electron chi connectivity index (χ0n) is 19.8. The van der Waals surface area contributed by atoms with E-state index in [1.54, 1.807) is 55.6 Å². The van der Waals surface area contributed by atoms with Crippen LogP contribution in [-0.2, 0) is 9.59 Å². The number of aromatic nitrogens is 3. The Kier molecular flexibility index (Phi) is 5.69. The second-order valence-electron chi connectivity index (χ2n) is 8.43. The number of nitrogens with zero attached hydrogens (tertiary/aromatic N) is 4. The molecule has 0 unspecified atom stereocenters. The van der Waals surface area contributed by atoms with Gasteiger partial charge < -0.3 is 10.1 Å². The first-order chi connectivity index (χ1) is 18.4. The second kappa shape index (κ2) is 9.20. The van der Waals surface area contributed by atoms with E-state index in [1.807, 2.05) is 0 Å². The van der Waals surface area contributed by atoms with Gasteiger partial charge in [0.15, 0.2) is 5.82 Å². The SMILES string of the molecule is COc1ccc(-c2nc3s/c(=C4\C(=O)N(CC(=O)Nc5ccc(F)cc5)c5ccccc54)c(=O)n3n2)cc1. The highest BCUT2D eigenvalue weighted by atomic mass is 32.1. The van der Waals surface area contributed by atoms with Gasteiger partial charge in [0.05, 0.1) is 18.4 Å². The number of hydrogen-bond acceptors (Lipinski definition) is 7. The standard InChI is InChI=1S/C27H18FN5O4S/c1-37-18-12-6-15(7-13-18)24-30-27-33(31-24)26(36)23(38-27)22-19-4-2-3-5-20(19)32(25(22)35)14-21(34)29-17-10-8-16(28)9-11-17/h2-13H,14H2,1H3,(H,29,34)/b23-22-. The van der Waals surface area contributed by atoms with E-state index in [-0.39, 0.29) is 16.7 Å². The lowest BCUT2D eigenvalue weighted by atomic mass is 10.1. The summed E-state index contributed by atoms with van der Waals surface area (Å²) in [4.78, 5) is 45.8. The average Bonchev–Trinajstić information content (AvgIpc) is 3.56. The molecule has 0 atom stereocenters. The third kappa shape index (κ3) is 3.98. The van der Waals surface area contributed by atoms with Gasteiger partial charge in [-0.3, -0.25) is 19.3 Å². The summed E-state index contributed by atoms with van der Waals surface area (Å²) in [5, 5.41) is 7.02. The first-order valence-corrected chi connectivity index (χ1v) is 12.3. The van der Waals surface area contributed by atoms with Crippen molar-refractivity contribution in [2.45, 2.75) is 0 Å². The van der Waals surface area contributed by atoms with E-state index in [9.17, 15) is 18.8 Å². The molecule has 9 nitrogen and oxygen atoms in total. The molecular formula is C27H18FN5O4S. The Morgan fingerprint density at radius 1 is 1.03 bits per heavy atom. The van der Waals surface area contributed by atoms with Crippen LogP contribution >= 0.6 is 11.3 Å². The zero-order valence-corrected chi connectivity index (χ0v) is 20.7. The first kappa shape index (κ1) is 23.5. The molecular weight excluding hydrogens is 509 g/mol. The molecule has 0 saturated heterocycles. The largest absolute Gasteiger partial charge is 0.497 e. The monoisotopic (exact) mass is 527 g/mol. The highest BCUT2D eigenvalue weighted by Crippen LogP contribution is 2.35. The Labute approximate surface area is 218 Å². The van der Waals surface area contributed by atoms with Crippen LogP contribution in [0.2, 0.25) is 0 Å². The summed E-state index contributed by atoms with van der Waals surface area (Å²) >= 11 is 1.07. The summed E-state index contributed by atoms with van der Waals surface area (Å²) in [6.45, 7) is -0.284. The number of anilines is 2. The number of benzene rings is 3. The molecule has 0 spiro atoms. The van der Waals surface area contributed by atoms with Gasteiger partial charge in [-0.2, -0.15) is 9.50 Å². The number of rotatable bonds is 5. The van der Waals surface area contributed by atoms with Crippen molar-refractivity contribution in [2.24, 2.45) is 0 Å². The Hall–Kier alpha value is -4.90. The molecule has 1 aliphatic rings. The van der Waals surface area contributed by atoms with Crippen LogP contribution in [0.25, 0.3) is 21.9 Å². The maximum Gasteiger partial charge on any atom is 0.291 e. The number of ether oxygens (including phenoxy) is 1. The smallest absolute Gasteiger partial charge is 0.291 e. The van der Waals surface area contributed by atoms with Gasteiger partial charge in [-0.15, -0.1) is 5.10 Å². The van der Waals surface area contributed by atoms with E-state index in [4.69, 9.17) is 4.74 Å². The van der Waals surface area contributed by atoms with Gasteiger partial charge >= 0.3 is 0 Å². The Balaban J connectivity index is 1.37. The molecule has 0 saturated carbocycles. The van der Waals surface area contributed by atoms with Gasteiger partial charge in [0.2, 0.25) is 10.9 Å². The van der Waals surface area contributed by atoms with Crippen molar-refractivity contribution < 1.29 is 18.7 Å². The molecule has 3 heterocycles. The van der Waals surface area contributed by atoms with E-state index >= 15 is 0 Å². The molecule has 38 heavy (non-hydrogen) atoms. The second-order valence-corrected chi connectivity index (χ2v) is 9.41. The van der Waals surface area contributed by atoms with Crippen LogP contribution in [0.3, 0.4) is 0 Å². The van der Waals surface area contributed by atoms with Crippen molar-refractivity contribution in [2.75, 3.05) is 23.9 Å². The van der Waals surface area contributed by atoms with Gasteiger partial charge in [0.1, 0.15) is 22.6 Å². The van der Waals surface area contributed by atoms with Gasteiger partial charge in [0.25, 0.3) is 11.5 Å². The molecule has 6 rings (SSSR count). The summed E-state index contributed by atoms with van der Waals surface area (Å²) in [7, 11) is 1.57. The first-order valence-electron chi connectivity index (χ1n) is 11.5. The van der Waals surface area contributed by atoms with Crippen LogP contribution in [0.15, 0.2) is 77.6 Å². The fraction of sp³-hybridized carbons (Fsp3) is 0.0741. The van der Waals surface area contributed by atoms with Crippen molar-refractivity contribution >= 4 is 45.1 Å². The molecule has 2 aromatic heterocycles. The minimum absolute atomic E-state index is 0.195. The quantitative estimate of drug-likeness (QED) is 0.377. The fourth-order valence-corrected chi connectivity index (χ4v) is 5.28. The number of halogens is 1. The van der Waals surface area contributed by atoms with E-state index in [1.165, 1.54) is 33.7 Å². The average molecular weight is 528 g/mol. The van der Waals surface area contributed by atoms with Crippen LogP contribution < -0.4 is 25.0 Å². The van der Waals surface area contributed by atoms with Crippen molar-refractivity contribution in [3.8, 4) is 17.1 Å². The third-order valence-corrected chi connectivity index (χ3v) is 7.12. The number of carbonyl (C=O) groups excluding carboxylic acids is 2. The minimum atomic E-state index is -0.475. The number of hydrogen-bond donors (Lipinski definition) is 1. The van der Waals surface area contributed by atoms with Crippen molar-refractivity contribution in [3.63, 3.8) is 0 Å². The lowest BCUT2D eigenvalue weighted by Crippen LogP contribution is -2.37. The molecule has 0 radical (unpaired) electrons. The maximum atomic E-state index is 13.6. The molecule has 188 valence electrons. The summed E-state index contributed by atoms with van der Waals surface area (Å²) in [6, 6.07) is 19.4. The molecule has 3 aromatic carbocycles. The van der Waals surface area contributed by atoms with Gasteiger partial charge in [-0.1, -0.05) is 29.5 Å². The zero-order chi connectivity index (χ0) is 26.4. The van der Waals surface area contributed by atoms with Crippen LogP contribution in [-0.4, -0.2) is 40.1 Å². The third-order valence-electron chi connectivity index (χ3n) is 6.09. The summed E-state index contributed by atoms with van der Waals surface area (Å²) in [5.41, 5.74) is 1.91. The highest BCUT2D eigenvalue weighted by Gasteiger charge is 2.35. The predicted molar refractivity (Wildman–Crippen MR) is 141 cm³/mol. The molecule has 1 N–H and O–H groups in total. The molecule has 2 amide bonds. The van der Waals surface area contributed by atoms with Crippen LogP contribution in [0.4, 0.5) is 15.8 Å². The molecule has 5 aromatic rings. The summed E-state index contributed by atoms with van der Waals surface area (Å²) in [6.07, 6.45) is 0. The minimum Gasteiger partial charge on any atom is -0.497 e. The van der Waals surface area contributed by atoms with E-state index < -0.39 is 23.2 Å². The maximum absolute atomic E-state index is 13.6. The number of fused-ring (bicyclic) bond motifs is 2. The lowest BCUT2D eigenvalue weighted by molar-refractivity contribution is -0.118. The van der Waals surface area contributed by atoms with Crippen LogP contribution in [0.5, 0.6) is 5.75 Å². The fourth-order valence-electron chi connectivity index (χ4n) is 4.28. The van der Waals surface area contributed by atoms with Crippen LogP contribution in [0.1, 0.15) is 5.56 Å². The number of amides is 2. The van der Waals surface area contributed by atoms with Gasteiger partial charge in [-0.25, -0.2) is 4.39 Å². The highest BCUT2D eigenvalue weighted by molar-refractivity contribution is 7.15. The number of thiazole rings is 1. The number of nitrogens with one attached hydrogen (secondary N) is 1. The van der Waals surface area contributed by atoms with Gasteiger partial charge in [0, 0.05) is 16.8 Å². The summed E-state index contributed by atoms with van der Waals surface area (Å²) < 4.78 is 19.7. The Bertz CT molecular complexity index is 1830. The van der Waals surface area contributed by atoms with Crippen molar-refractivity contribution in [1.29, 1.82) is 0 Å². The van der Waals surface area contributed by atoms with E-state index in [0.717, 1.165) is 16.9 Å². The van der Waals surface area contributed by atoms with Crippen LogP contribution in [0, 0.1) is 5.82 Å². The summed E-state index contributed by atoms with van der Waals surface area (Å²) in [5.74, 6) is -0.295. The van der Waals surface area contributed by atoms with Crippen molar-refractivity contribution in [1.82, 2.24) is 14.6 Å². The number of methoxy groups -OCH3 is 1. The lowest BCUT2D eigenvalue weighted by Gasteiger charge is -2.16. The Morgan fingerprint density at radius 2 is 1.76 bits per heavy atom. The molecule has 1 aliphatic heterocycles. The molecule has 0 aliphatic carbocycles.